The van der Waals surface area contributed by atoms with Gasteiger partial charge in [-0.15, -0.1) is 0 Å². The fourth-order valence-electron chi connectivity index (χ4n) is 3.63. The number of amides is 1. The van der Waals surface area contributed by atoms with Crippen molar-refractivity contribution in [1.82, 2.24) is 10.3 Å². The number of aromatic nitrogens is 1. The number of hydrogen-bond donors (Lipinski definition) is 1. The van der Waals surface area contributed by atoms with Gasteiger partial charge in [-0.1, -0.05) is 12.1 Å². The highest BCUT2D eigenvalue weighted by atomic mass is 19.4. The third-order valence-electron chi connectivity index (χ3n) is 5.58. The molecule has 0 aliphatic rings. The molecule has 5 nitrogen and oxygen atoms in total. The Morgan fingerprint density at radius 2 is 1.74 bits per heavy atom. The number of benzene rings is 3. The zero-order chi connectivity index (χ0) is 25.2. The van der Waals surface area contributed by atoms with Crippen LogP contribution in [0.1, 0.15) is 34.6 Å². The Bertz CT molecular complexity index is 1350. The normalized spacial score (nSPS) is 12.3. The summed E-state index contributed by atoms with van der Waals surface area (Å²) < 4.78 is 44.2. The molecule has 0 unspecified atom stereocenters. The molecule has 8 heteroatoms. The van der Waals surface area contributed by atoms with E-state index in [1.807, 2.05) is 44.1 Å². The van der Waals surface area contributed by atoms with Crippen LogP contribution in [0, 0.1) is 0 Å². The summed E-state index contributed by atoms with van der Waals surface area (Å²) in [5.41, 5.74) is 1.47. The van der Waals surface area contributed by atoms with Crippen molar-refractivity contribution in [2.75, 3.05) is 19.0 Å². The predicted octanol–water partition coefficient (Wildman–Crippen LogP) is 6.60. The standard InChI is InChI=1S/C27H24F3N3O2/c1-17(24-16-21(33(2)3)13-14-31-24)32-26(34)19-7-12-23-18(15-19)5-4-6-25(23)35-22-10-8-20(9-11-22)27(28,29)30/h4-17H,1-3H3,(H,32,34)/t17-/m1/s1. The second-order valence-corrected chi connectivity index (χ2v) is 8.34. The molecular formula is C27H24F3N3O2. The summed E-state index contributed by atoms with van der Waals surface area (Å²) in [6, 6.07) is 18.6. The minimum absolute atomic E-state index is 0.245. The molecule has 3 aromatic carbocycles. The fourth-order valence-corrected chi connectivity index (χ4v) is 3.63. The molecule has 0 saturated heterocycles. The third-order valence-corrected chi connectivity index (χ3v) is 5.58. The second kappa shape index (κ2) is 9.66. The zero-order valence-electron chi connectivity index (χ0n) is 19.4. The second-order valence-electron chi connectivity index (χ2n) is 8.34. The number of rotatable bonds is 6. The number of carbonyl (C=O) groups is 1. The monoisotopic (exact) mass is 479 g/mol. The Balaban J connectivity index is 1.52. The van der Waals surface area contributed by atoms with Crippen LogP contribution in [0.15, 0.2) is 79.0 Å². The van der Waals surface area contributed by atoms with Crippen LogP contribution in [0.3, 0.4) is 0 Å². The van der Waals surface area contributed by atoms with Crippen LogP contribution in [0.2, 0.25) is 0 Å². The van der Waals surface area contributed by atoms with Crippen molar-refractivity contribution < 1.29 is 22.7 Å². The lowest BCUT2D eigenvalue weighted by molar-refractivity contribution is -0.137. The average molecular weight is 480 g/mol. The Kier molecular flexibility index (Phi) is 6.64. The molecule has 4 aromatic rings. The number of halogens is 3. The first-order chi connectivity index (χ1) is 16.6. The molecule has 0 aliphatic carbocycles. The Labute approximate surface area is 201 Å². The first-order valence-electron chi connectivity index (χ1n) is 10.9. The minimum Gasteiger partial charge on any atom is -0.457 e. The van der Waals surface area contributed by atoms with Gasteiger partial charge < -0.3 is 15.0 Å². The van der Waals surface area contributed by atoms with Crippen LogP contribution in [0.4, 0.5) is 18.9 Å². The molecule has 0 fully saturated rings. The highest BCUT2D eigenvalue weighted by Gasteiger charge is 2.30. The Hall–Kier alpha value is -4.07. The molecular weight excluding hydrogens is 455 g/mol. The van der Waals surface area contributed by atoms with Crippen molar-refractivity contribution in [3.8, 4) is 11.5 Å². The molecule has 1 amide bonds. The van der Waals surface area contributed by atoms with Gasteiger partial charge >= 0.3 is 6.18 Å². The van der Waals surface area contributed by atoms with E-state index < -0.39 is 11.7 Å². The lowest BCUT2D eigenvalue weighted by Crippen LogP contribution is -2.27. The molecule has 0 saturated carbocycles. The van der Waals surface area contributed by atoms with Crippen molar-refractivity contribution in [2.24, 2.45) is 0 Å². The molecule has 0 aliphatic heterocycles. The van der Waals surface area contributed by atoms with Crippen molar-refractivity contribution in [3.05, 3.63) is 95.8 Å². The summed E-state index contributed by atoms with van der Waals surface area (Å²) in [6.45, 7) is 1.87. The zero-order valence-corrected chi connectivity index (χ0v) is 19.4. The Morgan fingerprint density at radius 1 is 1.00 bits per heavy atom. The van der Waals surface area contributed by atoms with Crippen LogP contribution in [-0.2, 0) is 6.18 Å². The van der Waals surface area contributed by atoms with Gasteiger partial charge in [-0.05, 0) is 73.0 Å². The van der Waals surface area contributed by atoms with E-state index in [0.717, 1.165) is 34.3 Å². The summed E-state index contributed by atoms with van der Waals surface area (Å²) in [5, 5.41) is 4.47. The Morgan fingerprint density at radius 3 is 2.43 bits per heavy atom. The van der Waals surface area contributed by atoms with E-state index in [9.17, 15) is 18.0 Å². The van der Waals surface area contributed by atoms with Gasteiger partial charge in [0.15, 0.2) is 0 Å². The molecule has 4 rings (SSSR count). The van der Waals surface area contributed by atoms with E-state index in [0.29, 0.717) is 11.3 Å². The first-order valence-corrected chi connectivity index (χ1v) is 10.9. The van der Waals surface area contributed by atoms with Crippen molar-refractivity contribution in [3.63, 3.8) is 0 Å². The molecule has 1 heterocycles. The van der Waals surface area contributed by atoms with Gasteiger partial charge in [0.25, 0.3) is 5.91 Å². The van der Waals surface area contributed by atoms with Crippen LogP contribution in [0.5, 0.6) is 11.5 Å². The molecule has 180 valence electrons. The van der Waals surface area contributed by atoms with Crippen LogP contribution < -0.4 is 15.0 Å². The summed E-state index contributed by atoms with van der Waals surface area (Å²) >= 11 is 0. The van der Waals surface area contributed by atoms with Gasteiger partial charge in [-0.25, -0.2) is 0 Å². The summed E-state index contributed by atoms with van der Waals surface area (Å²) in [4.78, 5) is 19.2. The molecule has 35 heavy (non-hydrogen) atoms. The maximum atomic E-state index is 12.9. The fraction of sp³-hybridized carbons (Fsp3) is 0.185. The molecule has 0 bridgehead atoms. The van der Waals surface area contributed by atoms with Gasteiger partial charge in [0.2, 0.25) is 0 Å². The molecule has 0 radical (unpaired) electrons. The van der Waals surface area contributed by atoms with Gasteiger partial charge in [-0.2, -0.15) is 13.2 Å². The van der Waals surface area contributed by atoms with Gasteiger partial charge in [0, 0.05) is 36.9 Å². The smallest absolute Gasteiger partial charge is 0.416 e. The number of nitrogens with one attached hydrogen (secondary N) is 1. The lowest BCUT2D eigenvalue weighted by Gasteiger charge is -2.17. The minimum atomic E-state index is -4.41. The van der Waals surface area contributed by atoms with Gasteiger partial charge in [0.1, 0.15) is 11.5 Å². The number of hydrogen-bond acceptors (Lipinski definition) is 4. The van der Waals surface area contributed by atoms with E-state index in [2.05, 4.69) is 10.3 Å². The molecule has 1 atom stereocenters. The topological polar surface area (TPSA) is 54.5 Å². The first kappa shape index (κ1) is 24.1. The number of anilines is 1. The summed E-state index contributed by atoms with van der Waals surface area (Å²) in [7, 11) is 3.87. The quantitative estimate of drug-likeness (QED) is 0.338. The summed E-state index contributed by atoms with van der Waals surface area (Å²) in [5.74, 6) is 0.520. The largest absolute Gasteiger partial charge is 0.457 e. The van der Waals surface area contributed by atoms with Crippen molar-refractivity contribution >= 4 is 22.4 Å². The van der Waals surface area contributed by atoms with E-state index in [1.54, 1.807) is 36.5 Å². The van der Waals surface area contributed by atoms with Crippen LogP contribution in [0.25, 0.3) is 10.8 Å². The maximum Gasteiger partial charge on any atom is 0.416 e. The number of fused-ring (bicyclic) bond motifs is 1. The van der Waals surface area contributed by atoms with E-state index in [-0.39, 0.29) is 17.7 Å². The number of carbonyl (C=O) groups excluding carboxylic acids is 1. The number of alkyl halides is 3. The average Bonchev–Trinajstić information content (AvgIpc) is 2.83. The highest BCUT2D eigenvalue weighted by Crippen LogP contribution is 2.34. The summed E-state index contributed by atoms with van der Waals surface area (Å²) in [6.07, 6.45) is -2.70. The van der Waals surface area contributed by atoms with Gasteiger partial charge in [-0.3, -0.25) is 9.78 Å². The molecule has 1 N–H and O–H groups in total. The SMILES string of the molecule is C[C@@H](NC(=O)c1ccc2c(Oc3ccc(C(F)(F)F)cc3)cccc2c1)c1cc(N(C)C)ccn1. The molecule has 1 aromatic heterocycles. The molecule has 0 spiro atoms. The van der Waals surface area contributed by atoms with Crippen LogP contribution >= 0.6 is 0 Å². The third kappa shape index (κ3) is 5.54. The predicted molar refractivity (Wildman–Crippen MR) is 130 cm³/mol. The number of nitrogens with zero attached hydrogens (tertiary/aromatic N) is 2. The van der Waals surface area contributed by atoms with E-state index >= 15 is 0 Å². The highest BCUT2D eigenvalue weighted by molar-refractivity contribution is 6.00. The lowest BCUT2D eigenvalue weighted by atomic mass is 10.1. The van der Waals surface area contributed by atoms with E-state index in [1.165, 1.54) is 12.1 Å². The maximum absolute atomic E-state index is 12.9. The van der Waals surface area contributed by atoms with Crippen molar-refractivity contribution in [2.45, 2.75) is 19.1 Å². The van der Waals surface area contributed by atoms with E-state index in [4.69, 9.17) is 4.74 Å². The van der Waals surface area contributed by atoms with Gasteiger partial charge in [0.05, 0.1) is 17.3 Å². The number of pyridine rings is 1. The number of ether oxygens (including phenoxy) is 1. The van der Waals surface area contributed by atoms with Crippen molar-refractivity contribution in [1.29, 1.82) is 0 Å². The van der Waals surface area contributed by atoms with Crippen LogP contribution in [-0.4, -0.2) is 25.0 Å².